The van der Waals surface area contributed by atoms with Crippen LogP contribution < -0.4 is 4.72 Å². The van der Waals surface area contributed by atoms with Gasteiger partial charge in [0.1, 0.15) is 4.75 Å². The van der Waals surface area contributed by atoms with E-state index < -0.39 is 17.5 Å². The highest BCUT2D eigenvalue weighted by molar-refractivity contribution is 7.90. The van der Waals surface area contributed by atoms with Gasteiger partial charge in [-0.1, -0.05) is 18.2 Å². The summed E-state index contributed by atoms with van der Waals surface area (Å²) in [5, 5.41) is 11.1. The maximum atomic E-state index is 12.4. The standard InChI is InChI=1S/C19H26N2O3S2/c1-13(20-26(24)19(2,3)4)17-16(9-10-25-17)15-8-6-7-14(11-15)12-21(5)18(22)23/h6-11,13,20H,12H2,1-5H3,(H,22,23)/t13-,26?/m1/s1. The van der Waals surface area contributed by atoms with E-state index in [1.165, 1.54) is 4.90 Å². The molecule has 1 aromatic heterocycles. The molecule has 2 atom stereocenters. The van der Waals surface area contributed by atoms with Crippen LogP contribution in [0.2, 0.25) is 0 Å². The van der Waals surface area contributed by atoms with Gasteiger partial charge < -0.3 is 14.6 Å². The minimum atomic E-state index is -1.15. The van der Waals surface area contributed by atoms with Gasteiger partial charge in [-0.2, -0.15) is 0 Å². The topological polar surface area (TPSA) is 75.6 Å². The van der Waals surface area contributed by atoms with E-state index in [4.69, 9.17) is 5.11 Å². The highest BCUT2D eigenvalue weighted by Gasteiger charge is 2.29. The van der Waals surface area contributed by atoms with Crippen molar-refractivity contribution in [2.45, 2.75) is 45.0 Å². The van der Waals surface area contributed by atoms with E-state index in [1.54, 1.807) is 18.4 Å². The number of nitrogens with zero attached hydrogens (tertiary/aromatic N) is 1. The molecule has 5 nitrogen and oxygen atoms in total. The molecule has 26 heavy (non-hydrogen) atoms. The summed E-state index contributed by atoms with van der Waals surface area (Å²) in [5.41, 5.74) is 3.05. The Hall–Kier alpha value is -1.54. The van der Waals surface area contributed by atoms with Crippen molar-refractivity contribution in [3.05, 3.63) is 46.2 Å². The summed E-state index contributed by atoms with van der Waals surface area (Å²) in [6.45, 7) is 8.19. The van der Waals surface area contributed by atoms with Crippen LogP contribution in [0.3, 0.4) is 0 Å². The third-order valence-corrected chi connectivity index (χ3v) is 6.69. The number of nitrogens with one attached hydrogen (secondary N) is 1. The van der Waals surface area contributed by atoms with Gasteiger partial charge in [0.05, 0.1) is 6.04 Å². The van der Waals surface area contributed by atoms with Gasteiger partial charge in [0, 0.05) is 29.8 Å². The molecule has 1 heterocycles. The summed E-state index contributed by atoms with van der Waals surface area (Å²) in [6, 6.07) is 9.90. The molecule has 142 valence electrons. The first-order chi connectivity index (χ1) is 12.1. The lowest BCUT2D eigenvalue weighted by Crippen LogP contribution is -2.40. The zero-order valence-electron chi connectivity index (χ0n) is 15.8. The van der Waals surface area contributed by atoms with Gasteiger partial charge in [0.2, 0.25) is 0 Å². The molecule has 1 unspecified atom stereocenters. The molecule has 0 spiro atoms. The second kappa shape index (κ2) is 8.43. The zero-order chi connectivity index (χ0) is 19.5. The number of benzene rings is 1. The van der Waals surface area contributed by atoms with Crippen molar-refractivity contribution in [2.24, 2.45) is 0 Å². The molecule has 7 heteroatoms. The van der Waals surface area contributed by atoms with Crippen molar-refractivity contribution in [1.82, 2.24) is 9.62 Å². The fourth-order valence-corrected chi connectivity index (χ4v) is 4.26. The summed E-state index contributed by atoms with van der Waals surface area (Å²) in [7, 11) is 1.55. The molecule has 2 rings (SSSR count). The molecule has 2 N–H and O–H groups in total. The van der Waals surface area contributed by atoms with Gasteiger partial charge >= 0.3 is 6.09 Å². The lowest BCUT2D eigenvalue weighted by atomic mass is 10.0. The Morgan fingerprint density at radius 1 is 1.38 bits per heavy atom. The molecule has 0 fully saturated rings. The predicted octanol–water partition coefficient (Wildman–Crippen LogP) is 4.64. The summed E-state index contributed by atoms with van der Waals surface area (Å²) in [5.74, 6) is 0. The Labute approximate surface area is 162 Å². The Bertz CT molecular complexity index is 755. The number of carboxylic acid groups (broad SMARTS) is 1. The van der Waals surface area contributed by atoms with Crippen molar-refractivity contribution in [3.8, 4) is 11.1 Å². The lowest BCUT2D eigenvalue weighted by Gasteiger charge is -2.26. The van der Waals surface area contributed by atoms with Gasteiger partial charge in [-0.05, 0) is 61.9 Å². The Morgan fingerprint density at radius 2 is 2.08 bits per heavy atom. The Morgan fingerprint density at radius 3 is 2.69 bits per heavy atom. The summed E-state index contributed by atoms with van der Waals surface area (Å²) in [6.07, 6.45) is -0.950. The number of amides is 1. The van der Waals surface area contributed by atoms with E-state index >= 15 is 0 Å². The molecule has 0 saturated carbocycles. The highest BCUT2D eigenvalue weighted by atomic mass is 32.2. The van der Waals surface area contributed by atoms with Crippen molar-refractivity contribution < 1.29 is 14.5 Å². The normalized spacial score (nSPS) is 14.1. The van der Waals surface area contributed by atoms with Crippen LogP contribution in [0.5, 0.6) is 0 Å². The maximum Gasteiger partial charge on any atom is 0.407 e. The first-order valence-electron chi connectivity index (χ1n) is 8.38. The van der Waals surface area contributed by atoms with Crippen LogP contribution >= 0.6 is 11.3 Å². The van der Waals surface area contributed by atoms with Crippen LogP contribution in [-0.4, -0.2) is 32.4 Å². The van der Waals surface area contributed by atoms with Gasteiger partial charge in [0.15, 0.2) is 0 Å². The smallest absolute Gasteiger partial charge is 0.407 e. The molecule has 0 aliphatic rings. The number of rotatable bonds is 6. The van der Waals surface area contributed by atoms with Crippen molar-refractivity contribution in [3.63, 3.8) is 0 Å². The van der Waals surface area contributed by atoms with Gasteiger partial charge in [-0.15, -0.1) is 16.1 Å². The van der Waals surface area contributed by atoms with Crippen molar-refractivity contribution in [2.75, 3.05) is 7.05 Å². The summed E-state index contributed by atoms with van der Waals surface area (Å²) < 4.78 is 15.3. The number of thiophene rings is 1. The van der Waals surface area contributed by atoms with E-state index in [9.17, 15) is 9.35 Å². The van der Waals surface area contributed by atoms with E-state index in [2.05, 4.69) is 10.8 Å². The molecule has 1 amide bonds. The second-order valence-electron chi connectivity index (χ2n) is 7.26. The van der Waals surface area contributed by atoms with Crippen molar-refractivity contribution >= 4 is 28.8 Å². The first-order valence-corrected chi connectivity index (χ1v) is 10.4. The summed E-state index contributed by atoms with van der Waals surface area (Å²) >= 11 is 0.479. The first kappa shape index (κ1) is 20.8. The van der Waals surface area contributed by atoms with Crippen molar-refractivity contribution in [1.29, 1.82) is 0 Å². The van der Waals surface area contributed by atoms with Gasteiger partial charge in [-0.25, -0.2) is 4.79 Å². The van der Waals surface area contributed by atoms with Gasteiger partial charge in [-0.3, -0.25) is 0 Å². The Kier molecular flexibility index (Phi) is 6.74. The second-order valence-corrected chi connectivity index (χ2v) is 10.2. The van der Waals surface area contributed by atoms with E-state index in [0.717, 1.165) is 21.6 Å². The van der Waals surface area contributed by atoms with Crippen LogP contribution in [0, 0.1) is 0 Å². The quantitative estimate of drug-likeness (QED) is 0.700. The van der Waals surface area contributed by atoms with Crippen LogP contribution in [0.15, 0.2) is 35.7 Å². The molecule has 2 aromatic rings. The predicted molar refractivity (Wildman–Crippen MR) is 109 cm³/mol. The Balaban J connectivity index is 2.23. The molecule has 1 aromatic carbocycles. The van der Waals surface area contributed by atoms with Crippen LogP contribution in [0.25, 0.3) is 11.1 Å². The van der Waals surface area contributed by atoms with Gasteiger partial charge in [0.25, 0.3) is 0 Å². The largest absolute Gasteiger partial charge is 0.598 e. The van der Waals surface area contributed by atoms with Crippen LogP contribution in [0.4, 0.5) is 4.79 Å². The van der Waals surface area contributed by atoms with E-state index in [1.807, 2.05) is 57.3 Å². The average molecular weight is 395 g/mol. The maximum absolute atomic E-state index is 12.4. The van der Waals surface area contributed by atoms with E-state index in [0.29, 0.717) is 6.54 Å². The highest BCUT2D eigenvalue weighted by Crippen LogP contribution is 2.34. The van der Waals surface area contributed by atoms with Crippen LogP contribution in [0.1, 0.15) is 44.2 Å². The molecular formula is C19H26N2O3S2. The zero-order valence-corrected chi connectivity index (χ0v) is 17.4. The molecule has 0 aliphatic carbocycles. The number of carbonyl (C=O) groups is 1. The number of hydrogen-bond acceptors (Lipinski definition) is 4. The average Bonchev–Trinajstić information content (AvgIpc) is 3.03. The lowest BCUT2D eigenvalue weighted by molar-refractivity contribution is 0.154. The molecular weight excluding hydrogens is 368 g/mol. The molecule has 0 radical (unpaired) electrons. The van der Waals surface area contributed by atoms with E-state index in [-0.39, 0.29) is 10.8 Å². The monoisotopic (exact) mass is 394 g/mol. The molecule has 0 aliphatic heterocycles. The third-order valence-electron chi connectivity index (χ3n) is 3.91. The molecule has 0 bridgehead atoms. The fraction of sp³-hybridized carbons (Fsp3) is 0.421. The fourth-order valence-electron chi connectivity index (χ4n) is 2.46. The van der Waals surface area contributed by atoms with Crippen LogP contribution in [-0.2, 0) is 17.9 Å². The summed E-state index contributed by atoms with van der Waals surface area (Å²) in [4.78, 5) is 13.4. The minimum absolute atomic E-state index is 0.0459. The third kappa shape index (κ3) is 5.23. The molecule has 0 saturated heterocycles. The minimum Gasteiger partial charge on any atom is -0.598 e. The SMILES string of the molecule is C[C@@H](N[S+]([O-])C(C)(C)C)c1sccc1-c1cccc(CN(C)C(=O)O)c1. The number of hydrogen-bond donors (Lipinski definition) is 2.